The van der Waals surface area contributed by atoms with Crippen molar-refractivity contribution in [1.29, 1.82) is 0 Å². The van der Waals surface area contributed by atoms with Gasteiger partial charge < -0.3 is 4.57 Å². The highest BCUT2D eigenvalue weighted by Gasteiger charge is 2.16. The molecule has 4 heterocycles. The van der Waals surface area contributed by atoms with E-state index in [0.29, 0.717) is 11.7 Å². The number of rotatable bonds is 5. The van der Waals surface area contributed by atoms with Crippen LogP contribution in [0.3, 0.4) is 0 Å². The van der Waals surface area contributed by atoms with Gasteiger partial charge in [-0.3, -0.25) is 4.68 Å². The molecule has 0 aliphatic heterocycles. The van der Waals surface area contributed by atoms with Crippen LogP contribution in [0.4, 0.5) is 0 Å². The quantitative estimate of drug-likeness (QED) is 0.541. The van der Waals surface area contributed by atoms with Gasteiger partial charge in [-0.2, -0.15) is 10.2 Å². The van der Waals surface area contributed by atoms with Crippen molar-refractivity contribution < 1.29 is 0 Å². The predicted molar refractivity (Wildman–Crippen MR) is 100 cm³/mol. The topological polar surface area (TPSA) is 65.8 Å². The number of hydrogen-bond donors (Lipinski definition) is 0. The van der Waals surface area contributed by atoms with Crippen LogP contribution in [-0.4, -0.2) is 33.9 Å². The summed E-state index contributed by atoms with van der Waals surface area (Å²) in [6.07, 6.45) is 5.64. The Morgan fingerprint density at radius 2 is 2.04 bits per heavy atom. The van der Waals surface area contributed by atoms with Crippen LogP contribution in [0.2, 0.25) is 5.15 Å². The Hall–Kier alpha value is -2.67. The standard InChI is InChI=1S/C18H20ClN7/c1-4-5-15-14(21-17-7-6-16(19)23-26(15)17)11-25-9-8-20-18(25)13-10-12(2)24(3)22-13/h6-10H,4-5,11H2,1-3H3. The zero-order valence-corrected chi connectivity index (χ0v) is 15.8. The molecule has 0 unspecified atom stereocenters. The average molecular weight is 370 g/mol. The first-order valence-corrected chi connectivity index (χ1v) is 8.99. The second-order valence-electron chi connectivity index (χ2n) is 6.35. The zero-order valence-electron chi connectivity index (χ0n) is 15.0. The van der Waals surface area contributed by atoms with Crippen LogP contribution >= 0.6 is 11.6 Å². The maximum absolute atomic E-state index is 6.08. The highest BCUT2D eigenvalue weighted by Crippen LogP contribution is 2.21. The van der Waals surface area contributed by atoms with Crippen LogP contribution in [0.1, 0.15) is 30.4 Å². The van der Waals surface area contributed by atoms with E-state index in [1.165, 1.54) is 0 Å². The SMILES string of the molecule is CCCc1c(Cn2ccnc2-c2cc(C)n(C)n2)nc2ccc(Cl)nn12. The molecule has 0 fully saturated rings. The molecule has 4 aromatic heterocycles. The smallest absolute Gasteiger partial charge is 0.160 e. The number of nitrogens with zero attached hydrogens (tertiary/aromatic N) is 7. The van der Waals surface area contributed by atoms with Crippen molar-refractivity contribution in [3.8, 4) is 11.5 Å². The molecule has 0 radical (unpaired) electrons. The van der Waals surface area contributed by atoms with Crippen LogP contribution in [0.15, 0.2) is 30.6 Å². The fourth-order valence-electron chi connectivity index (χ4n) is 3.12. The number of hydrogen-bond acceptors (Lipinski definition) is 4. The Kier molecular flexibility index (Phi) is 4.24. The summed E-state index contributed by atoms with van der Waals surface area (Å²) in [5.74, 6) is 0.833. The number of aromatic nitrogens is 7. The van der Waals surface area contributed by atoms with Crippen molar-refractivity contribution in [2.24, 2.45) is 7.05 Å². The van der Waals surface area contributed by atoms with Gasteiger partial charge in [0, 0.05) is 25.1 Å². The molecular formula is C18H20ClN7. The molecule has 4 aromatic rings. The van der Waals surface area contributed by atoms with Gasteiger partial charge in [-0.05, 0) is 31.5 Å². The molecule has 0 aliphatic carbocycles. The van der Waals surface area contributed by atoms with Crippen LogP contribution in [-0.2, 0) is 20.0 Å². The Labute approximate surface area is 156 Å². The summed E-state index contributed by atoms with van der Waals surface area (Å²) in [6.45, 7) is 4.79. The van der Waals surface area contributed by atoms with Gasteiger partial charge in [0.05, 0.1) is 17.9 Å². The van der Waals surface area contributed by atoms with Crippen molar-refractivity contribution >= 4 is 17.2 Å². The summed E-state index contributed by atoms with van der Waals surface area (Å²) in [6, 6.07) is 5.70. The molecule has 0 saturated carbocycles. The molecule has 0 aromatic carbocycles. The van der Waals surface area contributed by atoms with Gasteiger partial charge >= 0.3 is 0 Å². The predicted octanol–water partition coefficient (Wildman–Crippen LogP) is 3.29. The number of imidazole rings is 2. The minimum absolute atomic E-state index is 0.464. The van der Waals surface area contributed by atoms with Gasteiger partial charge in [0.25, 0.3) is 0 Å². The fraction of sp³-hybridized carbons (Fsp3) is 0.333. The molecule has 0 amide bonds. The largest absolute Gasteiger partial charge is 0.324 e. The maximum Gasteiger partial charge on any atom is 0.160 e. The zero-order chi connectivity index (χ0) is 18.3. The van der Waals surface area contributed by atoms with Crippen LogP contribution in [0.25, 0.3) is 17.2 Å². The van der Waals surface area contributed by atoms with E-state index in [1.807, 2.05) is 41.5 Å². The number of fused-ring (bicyclic) bond motifs is 1. The third-order valence-electron chi connectivity index (χ3n) is 4.49. The average Bonchev–Trinajstić information content (AvgIpc) is 3.28. The van der Waals surface area contributed by atoms with Crippen LogP contribution < -0.4 is 0 Å². The molecule has 7 nitrogen and oxygen atoms in total. The molecule has 0 bridgehead atoms. The molecule has 0 atom stereocenters. The number of halogens is 1. The summed E-state index contributed by atoms with van der Waals surface area (Å²) in [7, 11) is 1.93. The highest BCUT2D eigenvalue weighted by atomic mass is 35.5. The van der Waals surface area contributed by atoms with Gasteiger partial charge in [0.15, 0.2) is 11.5 Å². The van der Waals surface area contributed by atoms with E-state index in [4.69, 9.17) is 16.6 Å². The third-order valence-corrected chi connectivity index (χ3v) is 4.69. The Morgan fingerprint density at radius 1 is 1.19 bits per heavy atom. The first kappa shape index (κ1) is 16.8. The lowest BCUT2D eigenvalue weighted by Crippen LogP contribution is -2.06. The Morgan fingerprint density at radius 3 is 2.77 bits per heavy atom. The summed E-state index contributed by atoms with van der Waals surface area (Å²) >= 11 is 6.08. The molecular weight excluding hydrogens is 350 g/mol. The van der Waals surface area contributed by atoms with Crippen molar-refractivity contribution in [3.63, 3.8) is 0 Å². The lowest BCUT2D eigenvalue weighted by Gasteiger charge is -2.07. The minimum Gasteiger partial charge on any atom is -0.324 e. The first-order valence-electron chi connectivity index (χ1n) is 8.62. The first-order chi connectivity index (χ1) is 12.6. The van der Waals surface area contributed by atoms with Crippen LogP contribution in [0.5, 0.6) is 0 Å². The van der Waals surface area contributed by atoms with Crippen molar-refractivity contribution in [1.82, 2.24) is 33.9 Å². The summed E-state index contributed by atoms with van der Waals surface area (Å²) < 4.78 is 5.78. The molecule has 8 heteroatoms. The summed E-state index contributed by atoms with van der Waals surface area (Å²) in [4.78, 5) is 9.27. The Balaban J connectivity index is 1.76. The summed E-state index contributed by atoms with van der Waals surface area (Å²) in [5.41, 5.74) is 4.82. The van der Waals surface area contributed by atoms with Crippen molar-refractivity contribution in [2.45, 2.75) is 33.2 Å². The van der Waals surface area contributed by atoms with E-state index in [9.17, 15) is 0 Å². The van der Waals surface area contributed by atoms with Gasteiger partial charge in [0.2, 0.25) is 0 Å². The number of aryl methyl sites for hydroxylation is 3. The third kappa shape index (κ3) is 2.88. The van der Waals surface area contributed by atoms with Crippen molar-refractivity contribution in [3.05, 3.63) is 52.8 Å². The second-order valence-corrected chi connectivity index (χ2v) is 6.74. The Bertz CT molecular complexity index is 1050. The second kappa shape index (κ2) is 6.57. The molecule has 26 heavy (non-hydrogen) atoms. The van der Waals surface area contributed by atoms with Gasteiger partial charge in [-0.15, -0.1) is 0 Å². The lowest BCUT2D eigenvalue weighted by molar-refractivity contribution is 0.725. The van der Waals surface area contributed by atoms with E-state index < -0.39 is 0 Å². The summed E-state index contributed by atoms with van der Waals surface area (Å²) in [5, 5.41) is 9.43. The molecule has 0 aliphatic rings. The molecule has 0 N–H and O–H groups in total. The van der Waals surface area contributed by atoms with Gasteiger partial charge in [-0.1, -0.05) is 24.9 Å². The van der Waals surface area contributed by atoms with E-state index in [2.05, 4.69) is 26.7 Å². The highest BCUT2D eigenvalue weighted by molar-refractivity contribution is 6.29. The molecule has 4 rings (SSSR count). The molecule has 134 valence electrons. The fourth-order valence-corrected chi connectivity index (χ4v) is 3.26. The molecule has 0 spiro atoms. The minimum atomic E-state index is 0.464. The molecule has 0 saturated heterocycles. The monoisotopic (exact) mass is 369 g/mol. The van der Waals surface area contributed by atoms with Crippen molar-refractivity contribution in [2.75, 3.05) is 0 Å². The van der Waals surface area contributed by atoms with E-state index in [1.54, 1.807) is 12.3 Å². The normalized spacial score (nSPS) is 11.5. The van der Waals surface area contributed by atoms with Gasteiger partial charge in [-0.25, -0.2) is 14.5 Å². The van der Waals surface area contributed by atoms with Gasteiger partial charge in [0.1, 0.15) is 10.8 Å². The van der Waals surface area contributed by atoms with E-state index >= 15 is 0 Å². The maximum atomic E-state index is 6.08. The lowest BCUT2D eigenvalue weighted by atomic mass is 10.2. The van der Waals surface area contributed by atoms with Crippen LogP contribution in [0, 0.1) is 6.92 Å². The van der Waals surface area contributed by atoms with E-state index in [-0.39, 0.29) is 0 Å². The van der Waals surface area contributed by atoms with E-state index in [0.717, 1.165) is 47.1 Å².